The number of rotatable bonds is 1. The van der Waals surface area contributed by atoms with Crippen LogP contribution >= 0.6 is 0 Å². The van der Waals surface area contributed by atoms with Crippen LogP contribution in [0, 0.1) is 0 Å². The van der Waals surface area contributed by atoms with Gasteiger partial charge in [-0.2, -0.15) is 0 Å². The molecule has 3 heterocycles. The maximum Gasteiger partial charge on any atom is 0.259 e. The third kappa shape index (κ3) is 2.33. The number of anilines is 1. The predicted octanol–water partition coefficient (Wildman–Crippen LogP) is 1.31. The highest BCUT2D eigenvalue weighted by Gasteiger charge is 2.23. The smallest absolute Gasteiger partial charge is 0.259 e. The summed E-state index contributed by atoms with van der Waals surface area (Å²) in [6.45, 7) is 5.60. The number of hydrogen-bond donors (Lipinski definition) is 0. The van der Waals surface area contributed by atoms with Crippen molar-refractivity contribution in [2.24, 2.45) is 0 Å². The molecule has 0 N–H and O–H groups in total. The highest BCUT2D eigenvalue weighted by molar-refractivity contribution is 5.48. The monoisotopic (exact) mass is 259 g/mol. The Hall–Kier alpha value is -1.88. The summed E-state index contributed by atoms with van der Waals surface area (Å²) in [4.78, 5) is 18.8. The van der Waals surface area contributed by atoms with Gasteiger partial charge in [0.25, 0.3) is 5.56 Å². The summed E-state index contributed by atoms with van der Waals surface area (Å²) in [5.41, 5.74) is 0.629. The molecule has 2 aromatic rings. The fourth-order valence-corrected chi connectivity index (χ4v) is 2.57. The van der Waals surface area contributed by atoms with E-state index in [-0.39, 0.29) is 17.8 Å². The van der Waals surface area contributed by atoms with Gasteiger partial charge in [-0.25, -0.2) is 4.98 Å². The normalized spacial score (nSPS) is 23.8. The van der Waals surface area contributed by atoms with Crippen LogP contribution in [-0.2, 0) is 4.74 Å². The molecule has 0 radical (unpaired) electrons. The standard InChI is InChI=1S/C14H17N3O2/c1-10-8-16(9-11(2)19-10)13-7-14(18)17-6-4-3-5-12(17)15-13/h3-7,10-11H,8-9H2,1-2H3/t10-,11-/m1/s1. The summed E-state index contributed by atoms with van der Waals surface area (Å²) >= 11 is 0. The molecule has 1 fully saturated rings. The summed E-state index contributed by atoms with van der Waals surface area (Å²) < 4.78 is 7.26. The van der Waals surface area contributed by atoms with Gasteiger partial charge >= 0.3 is 0 Å². The first-order valence-electron chi connectivity index (χ1n) is 6.52. The summed E-state index contributed by atoms with van der Waals surface area (Å²) in [7, 11) is 0. The van der Waals surface area contributed by atoms with Crippen molar-refractivity contribution in [2.75, 3.05) is 18.0 Å². The lowest BCUT2D eigenvalue weighted by Gasteiger charge is -2.36. The van der Waals surface area contributed by atoms with Crippen LogP contribution in [0.3, 0.4) is 0 Å². The average molecular weight is 259 g/mol. The molecule has 3 rings (SSSR count). The van der Waals surface area contributed by atoms with Crippen LogP contribution in [0.25, 0.3) is 5.65 Å². The van der Waals surface area contributed by atoms with Gasteiger partial charge < -0.3 is 9.64 Å². The van der Waals surface area contributed by atoms with Crippen LogP contribution < -0.4 is 10.5 Å². The van der Waals surface area contributed by atoms with Crippen molar-refractivity contribution in [3.63, 3.8) is 0 Å². The number of morpholine rings is 1. The average Bonchev–Trinajstić information content (AvgIpc) is 2.37. The molecule has 5 nitrogen and oxygen atoms in total. The van der Waals surface area contributed by atoms with E-state index in [9.17, 15) is 4.79 Å². The number of aromatic nitrogens is 2. The Labute approximate surface area is 111 Å². The summed E-state index contributed by atoms with van der Waals surface area (Å²) in [6.07, 6.45) is 2.04. The van der Waals surface area contributed by atoms with E-state index in [2.05, 4.69) is 9.88 Å². The Bertz CT molecular complexity index is 642. The maximum atomic E-state index is 12.1. The van der Waals surface area contributed by atoms with E-state index in [1.165, 1.54) is 0 Å². The lowest BCUT2D eigenvalue weighted by Crippen LogP contribution is -2.46. The van der Waals surface area contributed by atoms with Gasteiger partial charge in [-0.1, -0.05) is 6.07 Å². The molecule has 1 aliphatic rings. The molecule has 1 aliphatic heterocycles. The van der Waals surface area contributed by atoms with Crippen molar-refractivity contribution in [3.8, 4) is 0 Å². The molecule has 0 saturated carbocycles. The number of ether oxygens (including phenoxy) is 1. The molecule has 0 spiro atoms. The molecule has 0 amide bonds. The van der Waals surface area contributed by atoms with E-state index in [1.54, 1.807) is 16.7 Å². The molecule has 2 atom stereocenters. The lowest BCUT2D eigenvalue weighted by molar-refractivity contribution is -0.00545. The molecule has 2 aromatic heterocycles. The van der Waals surface area contributed by atoms with Crippen LogP contribution in [0.5, 0.6) is 0 Å². The first kappa shape index (κ1) is 12.2. The van der Waals surface area contributed by atoms with E-state index in [0.717, 1.165) is 18.9 Å². The summed E-state index contributed by atoms with van der Waals surface area (Å²) in [5.74, 6) is 0.734. The number of nitrogens with zero attached hydrogens (tertiary/aromatic N) is 3. The number of hydrogen-bond acceptors (Lipinski definition) is 4. The second kappa shape index (κ2) is 4.66. The zero-order valence-electron chi connectivity index (χ0n) is 11.1. The van der Waals surface area contributed by atoms with Gasteiger partial charge in [-0.05, 0) is 26.0 Å². The van der Waals surface area contributed by atoms with Gasteiger partial charge in [0.05, 0.1) is 12.2 Å². The highest BCUT2D eigenvalue weighted by atomic mass is 16.5. The van der Waals surface area contributed by atoms with Crippen molar-refractivity contribution >= 4 is 11.5 Å². The van der Waals surface area contributed by atoms with E-state index < -0.39 is 0 Å². The van der Waals surface area contributed by atoms with Gasteiger partial charge in [-0.15, -0.1) is 0 Å². The Kier molecular flexibility index (Phi) is 2.98. The van der Waals surface area contributed by atoms with E-state index in [4.69, 9.17) is 4.74 Å². The van der Waals surface area contributed by atoms with E-state index in [1.807, 2.05) is 32.0 Å². The number of fused-ring (bicyclic) bond motifs is 1. The van der Waals surface area contributed by atoms with Gasteiger partial charge in [0.1, 0.15) is 11.5 Å². The Balaban J connectivity index is 2.03. The second-order valence-corrected chi connectivity index (χ2v) is 5.04. The molecule has 1 saturated heterocycles. The second-order valence-electron chi connectivity index (χ2n) is 5.04. The first-order valence-corrected chi connectivity index (χ1v) is 6.52. The highest BCUT2D eigenvalue weighted by Crippen LogP contribution is 2.17. The minimum atomic E-state index is -0.0487. The van der Waals surface area contributed by atoms with Crippen molar-refractivity contribution in [1.82, 2.24) is 9.38 Å². The fraction of sp³-hybridized carbons (Fsp3) is 0.429. The van der Waals surface area contributed by atoms with Gasteiger partial charge in [0.2, 0.25) is 0 Å². The summed E-state index contributed by atoms with van der Waals surface area (Å²) in [6, 6.07) is 7.15. The van der Waals surface area contributed by atoms with Crippen LogP contribution in [0.2, 0.25) is 0 Å². The van der Waals surface area contributed by atoms with Gasteiger partial charge in [0.15, 0.2) is 0 Å². The van der Waals surface area contributed by atoms with Crippen LogP contribution in [-0.4, -0.2) is 34.7 Å². The van der Waals surface area contributed by atoms with Crippen molar-refractivity contribution in [1.29, 1.82) is 0 Å². The molecule has 0 aliphatic carbocycles. The minimum absolute atomic E-state index is 0.0487. The van der Waals surface area contributed by atoms with E-state index in [0.29, 0.717) is 5.65 Å². The van der Waals surface area contributed by atoms with Crippen molar-refractivity contribution < 1.29 is 4.74 Å². The molecule has 19 heavy (non-hydrogen) atoms. The molecule has 0 unspecified atom stereocenters. The topological polar surface area (TPSA) is 46.8 Å². The van der Waals surface area contributed by atoms with Crippen molar-refractivity contribution in [2.45, 2.75) is 26.1 Å². The molecule has 100 valence electrons. The lowest BCUT2D eigenvalue weighted by atomic mass is 10.2. The molecular weight excluding hydrogens is 242 g/mol. The largest absolute Gasteiger partial charge is 0.372 e. The zero-order chi connectivity index (χ0) is 13.4. The van der Waals surface area contributed by atoms with Crippen molar-refractivity contribution in [3.05, 3.63) is 40.8 Å². The van der Waals surface area contributed by atoms with E-state index >= 15 is 0 Å². The van der Waals surface area contributed by atoms with Crippen LogP contribution in [0.1, 0.15) is 13.8 Å². The van der Waals surface area contributed by atoms with Gasteiger partial charge in [0, 0.05) is 25.4 Å². The quantitative estimate of drug-likeness (QED) is 0.774. The van der Waals surface area contributed by atoms with Gasteiger partial charge in [-0.3, -0.25) is 9.20 Å². The number of pyridine rings is 1. The third-order valence-electron chi connectivity index (χ3n) is 3.30. The maximum absolute atomic E-state index is 12.1. The zero-order valence-corrected chi connectivity index (χ0v) is 11.1. The molecular formula is C14H17N3O2. The first-order chi connectivity index (χ1) is 9.13. The molecule has 0 bridgehead atoms. The van der Waals surface area contributed by atoms with Crippen LogP contribution in [0.15, 0.2) is 35.3 Å². The Morgan fingerprint density at radius 1 is 1.26 bits per heavy atom. The van der Waals surface area contributed by atoms with Crippen LogP contribution in [0.4, 0.5) is 5.82 Å². The predicted molar refractivity (Wildman–Crippen MR) is 73.7 cm³/mol. The molecule has 5 heteroatoms. The Morgan fingerprint density at radius 3 is 2.74 bits per heavy atom. The minimum Gasteiger partial charge on any atom is -0.372 e. The Morgan fingerprint density at radius 2 is 2.00 bits per heavy atom. The summed E-state index contributed by atoms with van der Waals surface area (Å²) in [5, 5.41) is 0. The SMILES string of the molecule is C[C@@H]1CN(c2cc(=O)n3ccccc3n2)C[C@@H](C)O1. The third-order valence-corrected chi connectivity index (χ3v) is 3.30. The fourth-order valence-electron chi connectivity index (χ4n) is 2.57. The molecule has 0 aromatic carbocycles.